The van der Waals surface area contributed by atoms with Gasteiger partial charge < -0.3 is 0 Å². The predicted octanol–water partition coefficient (Wildman–Crippen LogP) is 2.93. The van der Waals surface area contributed by atoms with Crippen molar-refractivity contribution in [2.45, 2.75) is 40.5 Å². The first-order chi connectivity index (χ1) is 5.91. The largest absolute Gasteiger partial charge is 0.241 e. The molecule has 2 nitrogen and oxygen atoms in total. The summed E-state index contributed by atoms with van der Waals surface area (Å²) < 4.78 is 0. The summed E-state index contributed by atoms with van der Waals surface area (Å²) in [5.41, 5.74) is 1.35. The van der Waals surface area contributed by atoms with Crippen LogP contribution in [-0.4, -0.2) is 9.97 Å². The maximum absolute atomic E-state index is 4.33. The van der Waals surface area contributed by atoms with Gasteiger partial charge in [-0.05, 0) is 17.9 Å². The van der Waals surface area contributed by atoms with Crippen LogP contribution in [0.3, 0.4) is 0 Å². The van der Waals surface area contributed by atoms with Gasteiger partial charge in [0.25, 0.3) is 0 Å². The lowest BCUT2D eigenvalue weighted by Crippen LogP contribution is -2.17. The van der Waals surface area contributed by atoms with E-state index in [1.54, 1.807) is 0 Å². The summed E-state index contributed by atoms with van der Waals surface area (Å²) in [7, 11) is 0. The van der Waals surface area contributed by atoms with Gasteiger partial charge in [0, 0.05) is 18.3 Å². The van der Waals surface area contributed by atoms with E-state index in [4.69, 9.17) is 0 Å². The molecule has 2 heteroatoms. The molecule has 0 bridgehead atoms. The van der Waals surface area contributed by atoms with E-state index in [1.807, 2.05) is 19.3 Å². The van der Waals surface area contributed by atoms with Gasteiger partial charge in [-0.2, -0.15) is 0 Å². The first kappa shape index (κ1) is 10.2. The van der Waals surface area contributed by atoms with E-state index < -0.39 is 0 Å². The molecule has 1 unspecified atom stereocenters. The summed E-state index contributed by atoms with van der Waals surface area (Å²) in [4.78, 5) is 8.67. The zero-order valence-corrected chi connectivity index (χ0v) is 9.13. The zero-order chi connectivity index (χ0) is 10.1. The summed E-state index contributed by atoms with van der Waals surface area (Å²) in [5, 5.41) is 0. The number of aryl methyl sites for hydroxylation is 1. The summed E-state index contributed by atoms with van der Waals surface area (Å²) >= 11 is 0. The Morgan fingerprint density at radius 3 is 2.00 bits per heavy atom. The highest BCUT2D eigenvalue weighted by Crippen LogP contribution is 2.31. The molecule has 0 spiro atoms. The third-order valence-corrected chi connectivity index (χ3v) is 2.49. The molecule has 0 saturated heterocycles. The SMILES string of the molecule is Cc1cnc(C(C)C(C)(C)C)nc1. The van der Waals surface area contributed by atoms with Gasteiger partial charge in [0.05, 0.1) is 0 Å². The second-order valence-corrected chi connectivity index (χ2v) is 4.71. The molecule has 0 N–H and O–H groups in total. The Bertz CT molecular complexity index is 269. The minimum atomic E-state index is 0.231. The van der Waals surface area contributed by atoms with Gasteiger partial charge in [-0.3, -0.25) is 0 Å². The van der Waals surface area contributed by atoms with Gasteiger partial charge in [0.1, 0.15) is 5.82 Å². The van der Waals surface area contributed by atoms with E-state index in [0.29, 0.717) is 5.92 Å². The highest BCUT2D eigenvalue weighted by Gasteiger charge is 2.23. The highest BCUT2D eigenvalue weighted by atomic mass is 14.9. The van der Waals surface area contributed by atoms with Crippen molar-refractivity contribution in [1.82, 2.24) is 9.97 Å². The molecule has 0 radical (unpaired) electrons. The number of aromatic nitrogens is 2. The summed E-state index contributed by atoms with van der Waals surface area (Å²) in [6.07, 6.45) is 3.76. The molecular weight excluding hydrogens is 160 g/mol. The third kappa shape index (κ3) is 2.51. The van der Waals surface area contributed by atoms with Crippen LogP contribution in [0.2, 0.25) is 0 Å². The van der Waals surface area contributed by atoms with Crippen molar-refractivity contribution in [3.63, 3.8) is 0 Å². The molecule has 0 fully saturated rings. The third-order valence-electron chi connectivity index (χ3n) is 2.49. The number of hydrogen-bond donors (Lipinski definition) is 0. The van der Waals surface area contributed by atoms with Crippen molar-refractivity contribution in [2.75, 3.05) is 0 Å². The number of nitrogens with zero attached hydrogens (tertiary/aromatic N) is 2. The van der Waals surface area contributed by atoms with Crippen molar-refractivity contribution in [3.05, 3.63) is 23.8 Å². The Labute approximate surface area is 80.4 Å². The molecule has 1 rings (SSSR count). The average Bonchev–Trinajstić information content (AvgIpc) is 2.03. The molecule has 0 aliphatic carbocycles. The molecule has 0 aliphatic heterocycles. The Kier molecular flexibility index (Phi) is 2.69. The van der Waals surface area contributed by atoms with Crippen molar-refractivity contribution in [3.8, 4) is 0 Å². The van der Waals surface area contributed by atoms with E-state index in [-0.39, 0.29) is 5.41 Å². The minimum Gasteiger partial charge on any atom is -0.241 e. The summed E-state index contributed by atoms with van der Waals surface area (Å²) in [5.74, 6) is 1.34. The minimum absolute atomic E-state index is 0.231. The van der Waals surface area contributed by atoms with Crippen LogP contribution in [0.1, 0.15) is 45.0 Å². The Balaban J connectivity index is 2.90. The van der Waals surface area contributed by atoms with E-state index in [1.165, 1.54) is 0 Å². The Morgan fingerprint density at radius 1 is 1.15 bits per heavy atom. The van der Waals surface area contributed by atoms with Crippen LogP contribution < -0.4 is 0 Å². The van der Waals surface area contributed by atoms with Crippen LogP contribution >= 0.6 is 0 Å². The smallest absolute Gasteiger partial charge is 0.131 e. The fraction of sp³-hybridized carbons (Fsp3) is 0.636. The lowest BCUT2D eigenvalue weighted by atomic mass is 9.81. The topological polar surface area (TPSA) is 25.8 Å². The molecule has 0 aromatic carbocycles. The van der Waals surface area contributed by atoms with Gasteiger partial charge in [-0.15, -0.1) is 0 Å². The molecule has 0 saturated carbocycles. The normalized spacial score (nSPS) is 14.2. The Hall–Kier alpha value is -0.920. The van der Waals surface area contributed by atoms with Crippen LogP contribution in [0.25, 0.3) is 0 Å². The fourth-order valence-electron chi connectivity index (χ4n) is 1.01. The maximum Gasteiger partial charge on any atom is 0.131 e. The van der Waals surface area contributed by atoms with Gasteiger partial charge in [-0.25, -0.2) is 9.97 Å². The van der Waals surface area contributed by atoms with Crippen molar-refractivity contribution < 1.29 is 0 Å². The summed E-state index contributed by atoms with van der Waals surface area (Å²) in [6.45, 7) is 10.8. The molecule has 1 aromatic rings. The van der Waals surface area contributed by atoms with Gasteiger partial charge in [0.15, 0.2) is 0 Å². The van der Waals surface area contributed by atoms with Crippen molar-refractivity contribution >= 4 is 0 Å². The van der Waals surface area contributed by atoms with Gasteiger partial charge in [0.2, 0.25) is 0 Å². The van der Waals surface area contributed by atoms with Crippen LogP contribution in [0.4, 0.5) is 0 Å². The molecule has 1 aromatic heterocycles. The highest BCUT2D eigenvalue weighted by molar-refractivity contribution is 5.06. The second kappa shape index (κ2) is 3.44. The molecule has 0 aliphatic rings. The lowest BCUT2D eigenvalue weighted by molar-refractivity contribution is 0.328. The fourth-order valence-corrected chi connectivity index (χ4v) is 1.01. The van der Waals surface area contributed by atoms with Gasteiger partial charge in [-0.1, -0.05) is 27.7 Å². The van der Waals surface area contributed by atoms with Crippen LogP contribution in [-0.2, 0) is 0 Å². The van der Waals surface area contributed by atoms with E-state index in [2.05, 4.69) is 37.7 Å². The molecule has 13 heavy (non-hydrogen) atoms. The average molecular weight is 178 g/mol. The van der Waals surface area contributed by atoms with Crippen LogP contribution in [0.5, 0.6) is 0 Å². The first-order valence-electron chi connectivity index (χ1n) is 4.70. The quantitative estimate of drug-likeness (QED) is 0.660. The Morgan fingerprint density at radius 2 is 1.62 bits per heavy atom. The number of hydrogen-bond acceptors (Lipinski definition) is 2. The molecule has 0 amide bonds. The lowest BCUT2D eigenvalue weighted by Gasteiger charge is -2.25. The predicted molar refractivity (Wildman–Crippen MR) is 54.6 cm³/mol. The standard InChI is InChI=1S/C11H18N2/c1-8-6-12-10(13-7-8)9(2)11(3,4)5/h6-7,9H,1-5H3. The zero-order valence-electron chi connectivity index (χ0n) is 9.13. The second-order valence-electron chi connectivity index (χ2n) is 4.71. The van der Waals surface area contributed by atoms with E-state index in [9.17, 15) is 0 Å². The number of rotatable bonds is 1. The van der Waals surface area contributed by atoms with Crippen LogP contribution in [0.15, 0.2) is 12.4 Å². The monoisotopic (exact) mass is 178 g/mol. The maximum atomic E-state index is 4.33. The van der Waals surface area contributed by atoms with Crippen LogP contribution in [0, 0.1) is 12.3 Å². The van der Waals surface area contributed by atoms with E-state index in [0.717, 1.165) is 11.4 Å². The van der Waals surface area contributed by atoms with Crippen molar-refractivity contribution in [1.29, 1.82) is 0 Å². The first-order valence-corrected chi connectivity index (χ1v) is 4.70. The van der Waals surface area contributed by atoms with Crippen molar-refractivity contribution in [2.24, 2.45) is 5.41 Å². The molecule has 72 valence electrons. The molecule has 1 heterocycles. The molecular formula is C11H18N2. The van der Waals surface area contributed by atoms with Gasteiger partial charge >= 0.3 is 0 Å². The molecule has 1 atom stereocenters. The summed E-state index contributed by atoms with van der Waals surface area (Å²) in [6, 6.07) is 0. The van der Waals surface area contributed by atoms with E-state index >= 15 is 0 Å².